The van der Waals surface area contributed by atoms with Crippen molar-refractivity contribution in [2.45, 2.75) is 5.41 Å². The Morgan fingerprint density at radius 2 is 0.789 bits per heavy atom. The van der Waals surface area contributed by atoms with Gasteiger partial charge in [0.15, 0.2) is 17.5 Å². The summed E-state index contributed by atoms with van der Waals surface area (Å²) in [5.74, 6) is 1.97. The lowest BCUT2D eigenvalue weighted by molar-refractivity contribution is 0.797. The topological polar surface area (TPSA) is 38.7 Å². The van der Waals surface area contributed by atoms with Crippen molar-refractivity contribution >= 4 is 43.1 Å². The fraction of sp³-hybridized carbons (Fsp3) is 0.0185. The van der Waals surface area contributed by atoms with E-state index in [2.05, 4.69) is 164 Å². The Hall–Kier alpha value is -7.49. The van der Waals surface area contributed by atoms with Crippen molar-refractivity contribution in [2.24, 2.45) is 0 Å². The summed E-state index contributed by atoms with van der Waals surface area (Å²) >= 11 is 0. The van der Waals surface area contributed by atoms with E-state index in [0.717, 1.165) is 22.3 Å². The third-order valence-corrected chi connectivity index (χ3v) is 12.7. The van der Waals surface area contributed by atoms with Gasteiger partial charge in [-0.2, -0.15) is 0 Å². The summed E-state index contributed by atoms with van der Waals surface area (Å²) in [4.78, 5) is 15.7. The average Bonchev–Trinajstić information content (AvgIpc) is 3.77. The summed E-state index contributed by atoms with van der Waals surface area (Å²) in [5.41, 5.74) is 12.4. The Balaban J connectivity index is 1.09. The molecule has 0 radical (unpaired) electrons. The molecule has 0 saturated carbocycles. The number of rotatable bonds is 4. The fourth-order valence-electron chi connectivity index (χ4n) is 10.4. The Labute approximate surface area is 328 Å². The lowest BCUT2D eigenvalue weighted by Gasteiger charge is -2.31. The van der Waals surface area contributed by atoms with Crippen LogP contribution in [0.3, 0.4) is 0 Å². The van der Waals surface area contributed by atoms with E-state index in [4.69, 9.17) is 15.0 Å². The predicted molar refractivity (Wildman–Crippen MR) is 234 cm³/mol. The molecule has 3 heteroatoms. The molecule has 0 aliphatic heterocycles. The highest BCUT2D eigenvalue weighted by molar-refractivity contribution is 6.36. The molecule has 57 heavy (non-hydrogen) atoms. The van der Waals surface area contributed by atoms with Crippen LogP contribution in [0, 0.1) is 0 Å². The normalized spacial score (nSPS) is 15.1. The van der Waals surface area contributed by atoms with Gasteiger partial charge in [-0.1, -0.05) is 188 Å². The van der Waals surface area contributed by atoms with Crippen LogP contribution in [0.5, 0.6) is 0 Å². The second kappa shape index (κ2) is 11.3. The minimum atomic E-state index is -0.508. The van der Waals surface area contributed by atoms with Crippen LogP contribution in [0.1, 0.15) is 22.3 Å². The van der Waals surface area contributed by atoms with Gasteiger partial charge in [-0.15, -0.1) is 0 Å². The van der Waals surface area contributed by atoms with Crippen LogP contribution in [-0.2, 0) is 5.41 Å². The molecule has 1 unspecified atom stereocenters. The smallest absolute Gasteiger partial charge is 0.164 e. The lowest BCUT2D eigenvalue weighted by Crippen LogP contribution is -2.26. The van der Waals surface area contributed by atoms with Gasteiger partial charge in [-0.25, -0.2) is 15.0 Å². The molecule has 11 aromatic rings. The van der Waals surface area contributed by atoms with Crippen LogP contribution in [-0.4, -0.2) is 15.0 Å². The van der Waals surface area contributed by atoms with Crippen LogP contribution in [0.4, 0.5) is 0 Å². The molecule has 0 saturated heterocycles. The third kappa shape index (κ3) is 4.02. The minimum absolute atomic E-state index is 0.508. The Morgan fingerprint density at radius 3 is 1.58 bits per heavy atom. The van der Waals surface area contributed by atoms with Crippen molar-refractivity contribution in [1.29, 1.82) is 0 Å². The zero-order chi connectivity index (χ0) is 37.2. The van der Waals surface area contributed by atoms with E-state index in [1.807, 2.05) is 24.3 Å². The Kier molecular flexibility index (Phi) is 6.10. The van der Waals surface area contributed by atoms with Crippen LogP contribution in [0.25, 0.3) is 99.5 Å². The molecule has 1 spiro atoms. The predicted octanol–water partition coefficient (Wildman–Crippen LogP) is 13.3. The monoisotopic (exact) mass is 721 g/mol. The van der Waals surface area contributed by atoms with Crippen molar-refractivity contribution in [3.05, 3.63) is 210 Å². The van der Waals surface area contributed by atoms with Crippen molar-refractivity contribution in [1.82, 2.24) is 15.0 Å². The van der Waals surface area contributed by atoms with Crippen LogP contribution < -0.4 is 0 Å². The first kappa shape index (κ1) is 30.8. The number of hydrogen-bond acceptors (Lipinski definition) is 3. The highest BCUT2D eigenvalue weighted by atomic mass is 15.0. The van der Waals surface area contributed by atoms with Crippen LogP contribution in [0.15, 0.2) is 188 Å². The average molecular weight is 722 g/mol. The maximum Gasteiger partial charge on any atom is 0.164 e. The molecule has 3 nitrogen and oxygen atoms in total. The van der Waals surface area contributed by atoms with Crippen molar-refractivity contribution in [3.8, 4) is 56.4 Å². The van der Waals surface area contributed by atoms with Gasteiger partial charge in [0.25, 0.3) is 0 Å². The second-order valence-corrected chi connectivity index (χ2v) is 15.4. The van der Waals surface area contributed by atoms with Gasteiger partial charge in [0.2, 0.25) is 0 Å². The summed E-state index contributed by atoms with van der Waals surface area (Å²) < 4.78 is 0. The van der Waals surface area contributed by atoms with E-state index in [0.29, 0.717) is 17.5 Å². The molecule has 0 amide bonds. The highest BCUT2D eigenvalue weighted by Crippen LogP contribution is 2.64. The molecular formula is C54H31N3. The van der Waals surface area contributed by atoms with Gasteiger partial charge >= 0.3 is 0 Å². The molecule has 1 aromatic heterocycles. The summed E-state index contributed by atoms with van der Waals surface area (Å²) in [6, 6.07) is 68.2. The number of aromatic nitrogens is 3. The first-order valence-corrected chi connectivity index (χ1v) is 19.6. The first-order valence-electron chi connectivity index (χ1n) is 19.6. The third-order valence-electron chi connectivity index (χ3n) is 12.7. The number of nitrogens with zero attached hydrogens (tertiary/aromatic N) is 3. The summed E-state index contributed by atoms with van der Waals surface area (Å²) in [7, 11) is 0. The SMILES string of the molecule is c1ccc(-c2ccc(-c3nc(-c4ccccc4)nc(-c4cccc5c4-c4ccccc4C54c5cccc6c7cccc8ccc9ccc4c(c56)c9c87)n3)cc2)cc1. The number of fused-ring (bicyclic) bond motifs is 8. The molecule has 1 heterocycles. The zero-order valence-corrected chi connectivity index (χ0v) is 30.7. The Morgan fingerprint density at radius 1 is 0.281 bits per heavy atom. The van der Waals surface area contributed by atoms with E-state index in [9.17, 15) is 0 Å². The van der Waals surface area contributed by atoms with E-state index in [1.54, 1.807) is 0 Å². The van der Waals surface area contributed by atoms with E-state index in [1.165, 1.54) is 82.0 Å². The molecule has 2 aliphatic rings. The van der Waals surface area contributed by atoms with Crippen molar-refractivity contribution < 1.29 is 0 Å². The lowest BCUT2D eigenvalue weighted by atomic mass is 9.70. The summed E-state index contributed by atoms with van der Waals surface area (Å²) in [6.07, 6.45) is 0. The fourth-order valence-corrected chi connectivity index (χ4v) is 10.4. The van der Waals surface area contributed by atoms with Gasteiger partial charge in [0, 0.05) is 16.7 Å². The van der Waals surface area contributed by atoms with Gasteiger partial charge in [0.1, 0.15) is 0 Å². The number of benzene rings is 10. The van der Waals surface area contributed by atoms with Gasteiger partial charge < -0.3 is 0 Å². The highest BCUT2D eigenvalue weighted by Gasteiger charge is 2.51. The van der Waals surface area contributed by atoms with Crippen molar-refractivity contribution in [2.75, 3.05) is 0 Å². The van der Waals surface area contributed by atoms with E-state index >= 15 is 0 Å². The zero-order valence-electron chi connectivity index (χ0n) is 30.7. The molecule has 13 rings (SSSR count). The van der Waals surface area contributed by atoms with Crippen LogP contribution in [0.2, 0.25) is 0 Å². The summed E-state index contributed by atoms with van der Waals surface area (Å²) in [6.45, 7) is 0. The molecular weight excluding hydrogens is 691 g/mol. The van der Waals surface area contributed by atoms with Crippen molar-refractivity contribution in [3.63, 3.8) is 0 Å². The van der Waals surface area contributed by atoms with Gasteiger partial charge in [0.05, 0.1) is 5.41 Å². The summed E-state index contributed by atoms with van der Waals surface area (Å²) in [5, 5.41) is 10.7. The standard InChI is InChI=1S/C54H31N3/c1-3-12-32(13-4-1)33-24-28-37(29-25-33)52-55-51(36-14-5-2-6-15-36)56-53(57-52)41-20-11-22-43-48(41)40-17-7-8-21-42(40)54(43)44-23-10-19-39-38-18-9-16-34-26-27-35-30-31-45(54)50(49(39)44)47(35)46(34)38/h1-31H. The minimum Gasteiger partial charge on any atom is -0.208 e. The number of hydrogen-bond donors (Lipinski definition) is 0. The maximum absolute atomic E-state index is 5.32. The quantitative estimate of drug-likeness (QED) is 0.134. The molecule has 0 N–H and O–H groups in total. The molecule has 262 valence electrons. The molecule has 1 atom stereocenters. The molecule has 2 aliphatic carbocycles. The molecule has 10 aromatic carbocycles. The largest absolute Gasteiger partial charge is 0.208 e. The second-order valence-electron chi connectivity index (χ2n) is 15.4. The van der Waals surface area contributed by atoms with Crippen LogP contribution >= 0.6 is 0 Å². The van der Waals surface area contributed by atoms with Gasteiger partial charge in [-0.05, 0) is 87.6 Å². The van der Waals surface area contributed by atoms with E-state index in [-0.39, 0.29) is 0 Å². The molecule has 0 fully saturated rings. The Bertz CT molecular complexity index is 3440. The van der Waals surface area contributed by atoms with Gasteiger partial charge in [-0.3, -0.25) is 0 Å². The molecule has 0 bridgehead atoms. The van der Waals surface area contributed by atoms with E-state index < -0.39 is 5.41 Å². The first-order chi connectivity index (χ1) is 28.3. The maximum atomic E-state index is 5.32.